The fourth-order valence-electron chi connectivity index (χ4n) is 2.91. The first-order chi connectivity index (χ1) is 10.8. The number of alkyl halides is 1. The smallest absolute Gasteiger partial charge is 0.306 e. The third-order valence-electron chi connectivity index (χ3n) is 4.22. The maximum atomic E-state index is 14.6. The van der Waals surface area contributed by atoms with Crippen LogP contribution in [0.5, 0.6) is 0 Å². The van der Waals surface area contributed by atoms with E-state index in [1.807, 2.05) is 0 Å². The highest BCUT2D eigenvalue weighted by Gasteiger charge is 2.43. The van der Waals surface area contributed by atoms with E-state index < -0.39 is 34.1 Å². The molecule has 1 aliphatic rings. The number of nitrogens with one attached hydrogen (secondary N) is 1. The molecule has 2 atom stereocenters. The van der Waals surface area contributed by atoms with Crippen molar-refractivity contribution in [2.24, 2.45) is 5.92 Å². The number of hydrogen-bond donors (Lipinski definition) is 2. The summed E-state index contributed by atoms with van der Waals surface area (Å²) in [6, 6.07) is 6.65. The van der Waals surface area contributed by atoms with Gasteiger partial charge in [0.05, 0.1) is 5.92 Å². The van der Waals surface area contributed by atoms with Crippen LogP contribution in [0.1, 0.15) is 19.3 Å². The zero-order valence-electron chi connectivity index (χ0n) is 12.2. The van der Waals surface area contributed by atoms with Gasteiger partial charge in [0.15, 0.2) is 0 Å². The van der Waals surface area contributed by atoms with Crippen molar-refractivity contribution in [3.05, 3.63) is 30.5 Å². The van der Waals surface area contributed by atoms with Crippen molar-refractivity contribution in [3.8, 4) is 0 Å². The first-order valence-electron chi connectivity index (χ1n) is 7.18. The molecule has 1 heterocycles. The summed E-state index contributed by atoms with van der Waals surface area (Å²) in [5.74, 6) is -1.81. The molecule has 1 aromatic heterocycles. The molecule has 1 aromatic carbocycles. The standard InChI is InChI=1S/C15H16FNO5S/c16-15(6-5-10(7-15)14(18)19)9-17-23(20,21)13-8-22-12-4-2-1-3-11(12)13/h1-4,8,10,17H,5-7,9H2,(H,18,19)/t10-,15-/m1/s1. The zero-order chi connectivity index (χ0) is 16.7. The Morgan fingerprint density at radius 2 is 2.17 bits per heavy atom. The summed E-state index contributed by atoms with van der Waals surface area (Å²) in [6.07, 6.45) is 1.17. The van der Waals surface area contributed by atoms with E-state index in [1.54, 1.807) is 24.3 Å². The largest absolute Gasteiger partial charge is 0.481 e. The quantitative estimate of drug-likeness (QED) is 0.870. The number of rotatable bonds is 5. The van der Waals surface area contributed by atoms with Gasteiger partial charge in [0.25, 0.3) is 0 Å². The molecule has 0 bridgehead atoms. The van der Waals surface area contributed by atoms with Crippen LogP contribution in [-0.4, -0.2) is 31.7 Å². The molecule has 8 heteroatoms. The van der Waals surface area contributed by atoms with Crippen molar-refractivity contribution in [2.75, 3.05) is 6.54 Å². The molecule has 0 radical (unpaired) electrons. The number of benzene rings is 1. The van der Waals surface area contributed by atoms with E-state index in [0.717, 1.165) is 6.26 Å². The van der Waals surface area contributed by atoms with Crippen molar-refractivity contribution in [3.63, 3.8) is 0 Å². The Hall–Kier alpha value is -1.93. The molecule has 6 nitrogen and oxygen atoms in total. The van der Waals surface area contributed by atoms with Crippen LogP contribution in [-0.2, 0) is 14.8 Å². The summed E-state index contributed by atoms with van der Waals surface area (Å²) in [7, 11) is -3.94. The van der Waals surface area contributed by atoms with Gasteiger partial charge in [-0.05, 0) is 31.4 Å². The van der Waals surface area contributed by atoms with Crippen LogP contribution in [0.15, 0.2) is 39.8 Å². The third-order valence-corrected chi connectivity index (χ3v) is 5.64. The van der Waals surface area contributed by atoms with Crippen molar-refractivity contribution in [1.82, 2.24) is 4.72 Å². The Bertz CT molecular complexity index is 846. The van der Waals surface area contributed by atoms with E-state index >= 15 is 0 Å². The molecule has 0 unspecified atom stereocenters. The lowest BCUT2D eigenvalue weighted by atomic mass is 10.0. The number of furan rings is 1. The average molecular weight is 341 g/mol. The molecule has 2 aromatic rings. The van der Waals surface area contributed by atoms with E-state index in [0.29, 0.717) is 11.0 Å². The SMILES string of the molecule is O=C(O)[C@@H]1CC[C@](F)(CNS(=O)(=O)c2coc3ccccc23)C1. The van der Waals surface area contributed by atoms with Crippen LogP contribution < -0.4 is 4.72 Å². The van der Waals surface area contributed by atoms with Crippen LogP contribution in [0, 0.1) is 5.92 Å². The molecule has 124 valence electrons. The Morgan fingerprint density at radius 3 is 2.87 bits per heavy atom. The fraction of sp³-hybridized carbons (Fsp3) is 0.400. The lowest BCUT2D eigenvalue weighted by Gasteiger charge is -2.19. The zero-order valence-corrected chi connectivity index (χ0v) is 13.0. The van der Waals surface area contributed by atoms with E-state index in [-0.39, 0.29) is 24.2 Å². The molecule has 0 spiro atoms. The van der Waals surface area contributed by atoms with Gasteiger partial charge in [-0.15, -0.1) is 0 Å². The lowest BCUT2D eigenvalue weighted by Crippen LogP contribution is -2.38. The molecular formula is C15H16FNO5S. The Labute approximate surface area is 132 Å². The summed E-state index contributed by atoms with van der Waals surface area (Å²) in [6.45, 7) is -0.446. The third kappa shape index (κ3) is 3.09. The summed E-state index contributed by atoms with van der Waals surface area (Å²) < 4.78 is 46.8. The highest BCUT2D eigenvalue weighted by molar-refractivity contribution is 7.89. The second-order valence-corrected chi connectivity index (χ2v) is 7.58. The molecule has 2 N–H and O–H groups in total. The number of para-hydroxylation sites is 1. The molecule has 23 heavy (non-hydrogen) atoms. The van der Waals surface area contributed by atoms with Gasteiger partial charge in [0.1, 0.15) is 22.4 Å². The number of hydrogen-bond acceptors (Lipinski definition) is 4. The second kappa shape index (κ2) is 5.61. The van der Waals surface area contributed by atoms with Crippen LogP contribution >= 0.6 is 0 Å². The van der Waals surface area contributed by atoms with Gasteiger partial charge in [-0.1, -0.05) is 12.1 Å². The minimum Gasteiger partial charge on any atom is -0.481 e. The van der Waals surface area contributed by atoms with Crippen LogP contribution in [0.4, 0.5) is 4.39 Å². The first-order valence-corrected chi connectivity index (χ1v) is 8.67. The summed E-state index contributed by atoms with van der Waals surface area (Å²) >= 11 is 0. The second-order valence-electron chi connectivity index (χ2n) is 5.85. The molecule has 1 saturated carbocycles. The van der Waals surface area contributed by atoms with Crippen molar-refractivity contribution in [2.45, 2.75) is 29.8 Å². The highest BCUT2D eigenvalue weighted by atomic mass is 32.2. The van der Waals surface area contributed by atoms with Crippen molar-refractivity contribution < 1.29 is 27.1 Å². The van der Waals surface area contributed by atoms with E-state index in [9.17, 15) is 17.6 Å². The van der Waals surface area contributed by atoms with Crippen LogP contribution in [0.3, 0.4) is 0 Å². The predicted octanol–water partition coefficient (Wildman–Crippen LogP) is 2.30. The summed E-state index contributed by atoms with van der Waals surface area (Å²) in [5.41, 5.74) is -1.41. The first kappa shape index (κ1) is 15.9. The number of carboxylic acid groups (broad SMARTS) is 1. The number of halogens is 1. The predicted molar refractivity (Wildman–Crippen MR) is 80.2 cm³/mol. The average Bonchev–Trinajstić information content (AvgIpc) is 3.10. The monoisotopic (exact) mass is 341 g/mol. The number of sulfonamides is 1. The normalized spacial score (nSPS) is 25.0. The summed E-state index contributed by atoms with van der Waals surface area (Å²) in [4.78, 5) is 10.9. The van der Waals surface area contributed by atoms with Gasteiger partial charge in [-0.3, -0.25) is 4.79 Å². The molecule has 3 rings (SSSR count). The summed E-state index contributed by atoms with van der Waals surface area (Å²) in [5, 5.41) is 9.34. The van der Waals surface area contributed by atoms with Crippen molar-refractivity contribution in [1.29, 1.82) is 0 Å². The lowest BCUT2D eigenvalue weighted by molar-refractivity contribution is -0.141. The Kier molecular flexibility index (Phi) is 3.89. The minimum absolute atomic E-state index is 0.0264. The Balaban J connectivity index is 1.76. The maximum Gasteiger partial charge on any atom is 0.306 e. The molecule has 1 aliphatic carbocycles. The van der Waals surface area contributed by atoms with Gasteiger partial charge >= 0.3 is 5.97 Å². The van der Waals surface area contributed by atoms with Crippen molar-refractivity contribution >= 4 is 27.0 Å². The van der Waals surface area contributed by atoms with E-state index in [2.05, 4.69) is 4.72 Å². The van der Waals surface area contributed by atoms with E-state index in [1.165, 1.54) is 0 Å². The maximum absolute atomic E-state index is 14.6. The van der Waals surface area contributed by atoms with Gasteiger partial charge in [0.2, 0.25) is 10.0 Å². The number of carboxylic acids is 1. The number of aliphatic carboxylic acids is 1. The molecule has 0 saturated heterocycles. The molecule has 0 amide bonds. The minimum atomic E-state index is -3.94. The topological polar surface area (TPSA) is 96.6 Å². The molecule has 1 fully saturated rings. The van der Waals surface area contributed by atoms with Gasteiger partial charge in [0, 0.05) is 11.9 Å². The molecular weight excluding hydrogens is 325 g/mol. The Morgan fingerprint density at radius 1 is 1.43 bits per heavy atom. The van der Waals surface area contributed by atoms with Gasteiger partial charge in [-0.25, -0.2) is 17.5 Å². The van der Waals surface area contributed by atoms with Crippen LogP contribution in [0.2, 0.25) is 0 Å². The number of fused-ring (bicyclic) bond motifs is 1. The van der Waals surface area contributed by atoms with E-state index in [4.69, 9.17) is 9.52 Å². The number of carbonyl (C=O) groups is 1. The van der Waals surface area contributed by atoms with Gasteiger partial charge in [-0.2, -0.15) is 0 Å². The molecule has 0 aliphatic heterocycles. The van der Waals surface area contributed by atoms with Crippen LogP contribution in [0.25, 0.3) is 11.0 Å². The highest BCUT2D eigenvalue weighted by Crippen LogP contribution is 2.38. The van der Waals surface area contributed by atoms with Gasteiger partial charge < -0.3 is 9.52 Å². The fourth-order valence-corrected chi connectivity index (χ4v) is 4.15.